The van der Waals surface area contributed by atoms with Gasteiger partial charge in [-0.3, -0.25) is 4.79 Å². The molecule has 68 valence electrons. The molecule has 1 heterocycles. The maximum absolute atomic E-state index is 11.0. The van der Waals surface area contributed by atoms with Crippen molar-refractivity contribution < 1.29 is 9.21 Å². The average Bonchev–Trinajstić information content (AvgIpc) is 2.60. The smallest absolute Gasteiger partial charge is 0.263 e. The molecule has 0 fully saturated rings. The average molecular weight is 186 g/mol. The first-order valence-corrected chi connectivity index (χ1v) is 4.03. The Morgan fingerprint density at radius 1 is 1.57 bits per heavy atom. The van der Waals surface area contributed by atoms with E-state index in [0.29, 0.717) is 16.7 Å². The van der Waals surface area contributed by atoms with Gasteiger partial charge in [0, 0.05) is 6.92 Å². The second kappa shape index (κ2) is 2.96. The van der Waals surface area contributed by atoms with Crippen LogP contribution >= 0.6 is 0 Å². The van der Waals surface area contributed by atoms with Crippen molar-refractivity contribution >= 4 is 16.9 Å². The maximum atomic E-state index is 11.0. The highest BCUT2D eigenvalue weighted by molar-refractivity contribution is 5.93. The molecule has 0 spiro atoms. The second-order valence-electron chi connectivity index (χ2n) is 2.84. The topological polar surface area (TPSA) is 66.9 Å². The minimum Gasteiger partial charge on any atom is -0.434 e. The zero-order valence-corrected chi connectivity index (χ0v) is 7.44. The van der Waals surface area contributed by atoms with Gasteiger partial charge in [0.05, 0.1) is 5.56 Å². The van der Waals surface area contributed by atoms with Crippen LogP contribution in [0.5, 0.6) is 0 Å². The predicted octanol–water partition coefficient (Wildman–Crippen LogP) is 1.90. The number of benzene rings is 1. The fraction of sp³-hybridized carbons (Fsp3) is 0.100. The molecule has 0 atom stereocenters. The molecular weight excluding hydrogens is 180 g/mol. The molecule has 0 aliphatic heterocycles. The number of para-hydroxylation sites is 1. The number of carbonyl (C=O) groups excluding carboxylic acids is 1. The largest absolute Gasteiger partial charge is 0.434 e. The molecule has 0 aliphatic rings. The molecule has 2 aromatic rings. The van der Waals surface area contributed by atoms with Gasteiger partial charge < -0.3 is 4.42 Å². The van der Waals surface area contributed by atoms with Gasteiger partial charge in [-0.25, -0.2) is 4.98 Å². The van der Waals surface area contributed by atoms with Crippen LogP contribution in [0.4, 0.5) is 0 Å². The van der Waals surface area contributed by atoms with Crippen LogP contribution in [-0.2, 0) is 0 Å². The number of rotatable bonds is 1. The minimum absolute atomic E-state index is 0.0442. The van der Waals surface area contributed by atoms with Crippen LogP contribution in [0.1, 0.15) is 23.2 Å². The van der Waals surface area contributed by atoms with E-state index in [1.54, 1.807) is 18.2 Å². The molecule has 0 N–H and O–H groups in total. The van der Waals surface area contributed by atoms with Gasteiger partial charge in [0.2, 0.25) is 5.78 Å². The minimum atomic E-state index is -0.245. The summed E-state index contributed by atoms with van der Waals surface area (Å²) < 4.78 is 5.16. The maximum Gasteiger partial charge on any atom is 0.263 e. The van der Waals surface area contributed by atoms with Crippen LogP contribution in [0.25, 0.3) is 11.1 Å². The van der Waals surface area contributed by atoms with E-state index >= 15 is 0 Å². The Morgan fingerprint density at radius 3 is 3.00 bits per heavy atom. The molecule has 1 aromatic carbocycles. The van der Waals surface area contributed by atoms with E-state index < -0.39 is 0 Å². The van der Waals surface area contributed by atoms with Gasteiger partial charge in [-0.15, -0.1) is 0 Å². The number of ketones is 1. The Kier molecular flexibility index (Phi) is 1.79. The third-order valence-corrected chi connectivity index (χ3v) is 1.84. The summed E-state index contributed by atoms with van der Waals surface area (Å²) >= 11 is 0. The van der Waals surface area contributed by atoms with Gasteiger partial charge in [-0.2, -0.15) is 5.26 Å². The number of carbonyl (C=O) groups is 1. The molecule has 0 saturated carbocycles. The molecule has 1 aromatic heterocycles. The molecule has 2 rings (SSSR count). The van der Waals surface area contributed by atoms with Crippen LogP contribution in [0.2, 0.25) is 0 Å². The van der Waals surface area contributed by atoms with Crippen LogP contribution in [0, 0.1) is 11.3 Å². The zero-order chi connectivity index (χ0) is 10.1. The lowest BCUT2D eigenvalue weighted by Gasteiger charge is -1.86. The molecule has 0 radical (unpaired) electrons. The van der Waals surface area contributed by atoms with E-state index in [4.69, 9.17) is 9.68 Å². The van der Waals surface area contributed by atoms with E-state index in [0.717, 1.165) is 0 Å². The van der Waals surface area contributed by atoms with Crippen molar-refractivity contribution in [3.05, 3.63) is 29.7 Å². The van der Waals surface area contributed by atoms with Gasteiger partial charge in [0.1, 0.15) is 11.6 Å². The first-order chi connectivity index (χ1) is 6.72. The summed E-state index contributed by atoms with van der Waals surface area (Å²) in [5, 5.41) is 8.77. The molecule has 0 aliphatic carbocycles. The lowest BCUT2D eigenvalue weighted by Crippen LogP contribution is -1.90. The summed E-state index contributed by atoms with van der Waals surface area (Å²) in [6, 6.07) is 6.99. The fourth-order valence-corrected chi connectivity index (χ4v) is 1.19. The van der Waals surface area contributed by atoms with E-state index in [9.17, 15) is 4.79 Å². The van der Waals surface area contributed by atoms with E-state index in [-0.39, 0.29) is 11.7 Å². The number of aromatic nitrogens is 1. The highest BCUT2D eigenvalue weighted by atomic mass is 16.4. The summed E-state index contributed by atoms with van der Waals surface area (Å²) in [5.74, 6) is -0.201. The number of nitrogens with zero attached hydrogens (tertiary/aromatic N) is 2. The number of hydrogen-bond acceptors (Lipinski definition) is 4. The van der Waals surface area contributed by atoms with Gasteiger partial charge >= 0.3 is 0 Å². The summed E-state index contributed by atoms with van der Waals surface area (Å²) in [5.41, 5.74) is 1.33. The number of fused-ring (bicyclic) bond motifs is 1. The van der Waals surface area contributed by atoms with Crippen molar-refractivity contribution in [3.63, 3.8) is 0 Å². The van der Waals surface area contributed by atoms with E-state index in [2.05, 4.69) is 4.98 Å². The van der Waals surface area contributed by atoms with Crippen molar-refractivity contribution in [3.8, 4) is 6.07 Å². The van der Waals surface area contributed by atoms with Crippen molar-refractivity contribution in [1.82, 2.24) is 4.98 Å². The third-order valence-electron chi connectivity index (χ3n) is 1.84. The normalized spacial score (nSPS) is 10.0. The van der Waals surface area contributed by atoms with Crippen molar-refractivity contribution in [1.29, 1.82) is 5.26 Å². The van der Waals surface area contributed by atoms with Crippen LogP contribution in [0.15, 0.2) is 22.6 Å². The quantitative estimate of drug-likeness (QED) is 0.638. The lowest BCUT2D eigenvalue weighted by atomic mass is 10.2. The molecule has 0 bridgehead atoms. The monoisotopic (exact) mass is 186 g/mol. The van der Waals surface area contributed by atoms with Gasteiger partial charge in [-0.1, -0.05) is 6.07 Å². The fourth-order valence-electron chi connectivity index (χ4n) is 1.19. The number of hydrogen-bond donors (Lipinski definition) is 0. The van der Waals surface area contributed by atoms with Crippen LogP contribution in [-0.4, -0.2) is 10.8 Å². The van der Waals surface area contributed by atoms with Gasteiger partial charge in [-0.05, 0) is 12.1 Å². The molecule has 14 heavy (non-hydrogen) atoms. The lowest BCUT2D eigenvalue weighted by molar-refractivity contribution is 0.0983. The molecular formula is C10H6N2O2. The Hall–Kier alpha value is -2.15. The first kappa shape index (κ1) is 8.45. The van der Waals surface area contributed by atoms with Crippen molar-refractivity contribution in [2.75, 3.05) is 0 Å². The first-order valence-electron chi connectivity index (χ1n) is 4.03. The van der Waals surface area contributed by atoms with Gasteiger partial charge in [0.25, 0.3) is 5.89 Å². The Morgan fingerprint density at radius 2 is 2.36 bits per heavy atom. The SMILES string of the molecule is CC(=O)c1nc2c(C#N)cccc2o1. The zero-order valence-electron chi connectivity index (χ0n) is 7.44. The third kappa shape index (κ3) is 1.15. The predicted molar refractivity (Wildman–Crippen MR) is 48.7 cm³/mol. The summed E-state index contributed by atoms with van der Waals surface area (Å²) in [7, 11) is 0. The molecule has 0 amide bonds. The van der Waals surface area contributed by atoms with Crippen molar-refractivity contribution in [2.45, 2.75) is 6.92 Å². The summed E-state index contributed by atoms with van der Waals surface area (Å²) in [6.45, 7) is 1.37. The summed E-state index contributed by atoms with van der Waals surface area (Å²) in [4.78, 5) is 14.9. The molecule has 0 unspecified atom stereocenters. The second-order valence-corrected chi connectivity index (χ2v) is 2.84. The number of Topliss-reactive ketones (excluding diaryl/α,β-unsaturated/α-hetero) is 1. The Bertz CT molecular complexity index is 549. The van der Waals surface area contributed by atoms with Crippen molar-refractivity contribution in [2.24, 2.45) is 0 Å². The Balaban J connectivity index is 2.78. The van der Waals surface area contributed by atoms with Crippen LogP contribution in [0.3, 0.4) is 0 Å². The van der Waals surface area contributed by atoms with Crippen LogP contribution < -0.4 is 0 Å². The number of oxazole rings is 1. The highest BCUT2D eigenvalue weighted by Gasteiger charge is 2.11. The van der Waals surface area contributed by atoms with E-state index in [1.165, 1.54) is 6.92 Å². The summed E-state index contributed by atoms with van der Waals surface area (Å²) in [6.07, 6.45) is 0. The molecule has 0 saturated heterocycles. The Labute approximate surface area is 79.8 Å². The van der Waals surface area contributed by atoms with Gasteiger partial charge in [0.15, 0.2) is 5.58 Å². The molecule has 4 heteroatoms. The molecule has 4 nitrogen and oxygen atoms in total. The highest BCUT2D eigenvalue weighted by Crippen LogP contribution is 2.18. The van der Waals surface area contributed by atoms with E-state index in [1.807, 2.05) is 6.07 Å². The number of nitriles is 1. The standard InChI is InChI=1S/C10H6N2O2/c1-6(13)10-12-9-7(5-11)3-2-4-8(9)14-10/h2-4H,1H3.